The summed E-state index contributed by atoms with van der Waals surface area (Å²) in [6.45, 7) is 3.20. The average molecular weight is 337 g/mol. The predicted octanol–water partition coefficient (Wildman–Crippen LogP) is 2.70. The van der Waals surface area contributed by atoms with Gasteiger partial charge in [-0.15, -0.1) is 0 Å². The minimum absolute atomic E-state index is 0.161. The number of aromatic nitrogens is 2. The van der Waals surface area contributed by atoms with E-state index in [0.29, 0.717) is 5.69 Å². The zero-order valence-electron chi connectivity index (χ0n) is 10.8. The number of hydrogen-bond donors (Lipinski definition) is 0. The second-order valence-electron chi connectivity index (χ2n) is 4.62. The molecule has 0 aliphatic carbocycles. The van der Waals surface area contributed by atoms with Crippen molar-refractivity contribution in [1.29, 1.82) is 0 Å². The van der Waals surface area contributed by atoms with E-state index in [2.05, 4.69) is 35.7 Å². The van der Waals surface area contributed by atoms with Gasteiger partial charge in [0.15, 0.2) is 0 Å². The van der Waals surface area contributed by atoms with Crippen LogP contribution in [0.4, 0.5) is 15.9 Å². The van der Waals surface area contributed by atoms with Gasteiger partial charge in [0.25, 0.3) is 0 Å². The molecule has 0 saturated carbocycles. The normalized spacial score (nSPS) is 15.5. The molecule has 1 fully saturated rings. The van der Waals surface area contributed by atoms with E-state index in [4.69, 9.17) is 0 Å². The quantitative estimate of drug-likeness (QED) is 0.789. The van der Waals surface area contributed by atoms with Crippen LogP contribution in [-0.4, -0.2) is 36.1 Å². The number of nitrogens with zero attached hydrogens (tertiary/aromatic N) is 4. The number of benzene rings is 1. The molecule has 1 aliphatic rings. The molecular weight excluding hydrogens is 323 g/mol. The summed E-state index contributed by atoms with van der Waals surface area (Å²) in [5.41, 5.74) is 0.677. The highest BCUT2D eigenvalue weighted by molar-refractivity contribution is 9.10. The molecule has 104 valence electrons. The lowest BCUT2D eigenvalue weighted by Crippen LogP contribution is -2.47. The summed E-state index contributed by atoms with van der Waals surface area (Å²) in [5.74, 6) is 0.741. The van der Waals surface area contributed by atoms with Gasteiger partial charge in [0.1, 0.15) is 22.6 Å². The minimum atomic E-state index is -0.161. The van der Waals surface area contributed by atoms with E-state index in [-0.39, 0.29) is 5.82 Å². The van der Waals surface area contributed by atoms with Crippen LogP contribution in [0.15, 0.2) is 41.3 Å². The monoisotopic (exact) mass is 336 g/mol. The van der Waals surface area contributed by atoms with Gasteiger partial charge in [0.05, 0.1) is 5.69 Å². The van der Waals surface area contributed by atoms with Gasteiger partial charge in [-0.05, 0) is 28.1 Å². The lowest BCUT2D eigenvalue weighted by Gasteiger charge is -2.36. The van der Waals surface area contributed by atoms with E-state index in [0.717, 1.165) is 36.6 Å². The van der Waals surface area contributed by atoms with Crippen LogP contribution in [0.3, 0.4) is 0 Å². The molecule has 1 saturated heterocycles. The Morgan fingerprint density at radius 3 is 2.40 bits per heavy atom. The SMILES string of the molecule is Fc1ccccc1N1CCN(c2cc(Br)ncn2)CC1. The van der Waals surface area contributed by atoms with Crippen LogP contribution in [0.25, 0.3) is 0 Å². The Balaban J connectivity index is 1.70. The van der Waals surface area contributed by atoms with Crippen molar-refractivity contribution in [2.24, 2.45) is 0 Å². The van der Waals surface area contributed by atoms with Crippen LogP contribution in [0, 0.1) is 5.82 Å². The number of para-hydroxylation sites is 1. The molecule has 1 aromatic carbocycles. The highest BCUT2D eigenvalue weighted by Gasteiger charge is 2.20. The van der Waals surface area contributed by atoms with Gasteiger partial charge in [-0.3, -0.25) is 0 Å². The molecule has 0 bridgehead atoms. The van der Waals surface area contributed by atoms with Gasteiger partial charge in [-0.2, -0.15) is 0 Å². The van der Waals surface area contributed by atoms with Crippen LogP contribution in [0.1, 0.15) is 0 Å². The van der Waals surface area contributed by atoms with Crippen molar-refractivity contribution in [3.8, 4) is 0 Å². The first-order valence-corrected chi connectivity index (χ1v) is 7.25. The minimum Gasteiger partial charge on any atom is -0.366 e. The summed E-state index contributed by atoms with van der Waals surface area (Å²) in [6.07, 6.45) is 1.54. The van der Waals surface area contributed by atoms with Gasteiger partial charge in [-0.25, -0.2) is 14.4 Å². The van der Waals surface area contributed by atoms with Crippen LogP contribution in [0.2, 0.25) is 0 Å². The topological polar surface area (TPSA) is 32.3 Å². The smallest absolute Gasteiger partial charge is 0.146 e. The Labute approximate surface area is 125 Å². The van der Waals surface area contributed by atoms with Gasteiger partial charge >= 0.3 is 0 Å². The summed E-state index contributed by atoms with van der Waals surface area (Å²) in [5, 5.41) is 0. The highest BCUT2D eigenvalue weighted by atomic mass is 79.9. The highest BCUT2D eigenvalue weighted by Crippen LogP contribution is 2.22. The first kappa shape index (κ1) is 13.3. The lowest BCUT2D eigenvalue weighted by atomic mass is 10.2. The Morgan fingerprint density at radius 2 is 1.70 bits per heavy atom. The first-order chi connectivity index (χ1) is 9.74. The van der Waals surface area contributed by atoms with Crippen LogP contribution in [0.5, 0.6) is 0 Å². The van der Waals surface area contributed by atoms with Crippen molar-refractivity contribution in [1.82, 2.24) is 9.97 Å². The number of hydrogen-bond acceptors (Lipinski definition) is 4. The molecule has 2 heterocycles. The van der Waals surface area contributed by atoms with Gasteiger partial charge in [-0.1, -0.05) is 12.1 Å². The molecular formula is C14H14BrFN4. The molecule has 20 heavy (non-hydrogen) atoms. The molecule has 1 aromatic heterocycles. The third kappa shape index (κ3) is 2.75. The van der Waals surface area contributed by atoms with E-state index >= 15 is 0 Å². The van der Waals surface area contributed by atoms with Gasteiger partial charge in [0, 0.05) is 32.2 Å². The maximum absolute atomic E-state index is 13.8. The molecule has 0 N–H and O–H groups in total. The maximum Gasteiger partial charge on any atom is 0.146 e. The molecule has 1 aliphatic heterocycles. The second kappa shape index (κ2) is 5.75. The van der Waals surface area contributed by atoms with Crippen molar-refractivity contribution in [2.45, 2.75) is 0 Å². The molecule has 3 rings (SSSR count). The molecule has 0 spiro atoms. The Bertz CT molecular complexity index is 599. The number of halogens is 2. The second-order valence-corrected chi connectivity index (χ2v) is 5.44. The maximum atomic E-state index is 13.8. The number of rotatable bonds is 2. The van der Waals surface area contributed by atoms with E-state index in [1.807, 2.05) is 18.2 Å². The van der Waals surface area contributed by atoms with Crippen molar-refractivity contribution in [2.75, 3.05) is 36.0 Å². The Kier molecular flexibility index (Phi) is 3.82. The first-order valence-electron chi connectivity index (χ1n) is 6.46. The summed E-state index contributed by atoms with van der Waals surface area (Å²) >= 11 is 3.35. The fraction of sp³-hybridized carbons (Fsp3) is 0.286. The van der Waals surface area contributed by atoms with Crippen molar-refractivity contribution in [3.63, 3.8) is 0 Å². The van der Waals surface area contributed by atoms with Gasteiger partial charge in [0.2, 0.25) is 0 Å². The molecule has 0 atom stereocenters. The largest absolute Gasteiger partial charge is 0.366 e. The zero-order chi connectivity index (χ0) is 13.9. The molecule has 0 radical (unpaired) electrons. The van der Waals surface area contributed by atoms with Crippen LogP contribution < -0.4 is 9.80 Å². The van der Waals surface area contributed by atoms with E-state index in [9.17, 15) is 4.39 Å². The molecule has 2 aromatic rings. The predicted molar refractivity (Wildman–Crippen MR) is 80.6 cm³/mol. The summed E-state index contributed by atoms with van der Waals surface area (Å²) in [6, 6.07) is 8.81. The summed E-state index contributed by atoms with van der Waals surface area (Å²) in [4.78, 5) is 12.6. The zero-order valence-corrected chi connectivity index (χ0v) is 12.4. The summed E-state index contributed by atoms with van der Waals surface area (Å²) in [7, 11) is 0. The fourth-order valence-corrected chi connectivity index (χ4v) is 2.68. The standard InChI is InChI=1S/C14H14BrFN4/c15-13-9-14(18-10-17-13)20-7-5-19(6-8-20)12-4-2-1-3-11(12)16/h1-4,9-10H,5-8H2. The van der Waals surface area contributed by atoms with E-state index in [1.165, 1.54) is 6.07 Å². The fourth-order valence-electron chi connectivity index (χ4n) is 2.38. The molecule has 6 heteroatoms. The molecule has 4 nitrogen and oxygen atoms in total. The van der Waals surface area contributed by atoms with Crippen LogP contribution in [-0.2, 0) is 0 Å². The summed E-state index contributed by atoms with van der Waals surface area (Å²) < 4.78 is 14.5. The number of piperazine rings is 1. The van der Waals surface area contributed by atoms with E-state index < -0.39 is 0 Å². The Morgan fingerprint density at radius 1 is 1.00 bits per heavy atom. The average Bonchev–Trinajstić information content (AvgIpc) is 2.48. The number of anilines is 2. The van der Waals surface area contributed by atoms with Crippen molar-refractivity contribution in [3.05, 3.63) is 47.1 Å². The molecule has 0 amide bonds. The third-order valence-corrected chi connectivity index (χ3v) is 3.85. The van der Waals surface area contributed by atoms with Crippen LogP contribution >= 0.6 is 15.9 Å². The third-order valence-electron chi connectivity index (χ3n) is 3.42. The lowest BCUT2D eigenvalue weighted by molar-refractivity contribution is 0.596. The van der Waals surface area contributed by atoms with Crippen molar-refractivity contribution < 1.29 is 4.39 Å². The van der Waals surface area contributed by atoms with Crippen molar-refractivity contribution >= 4 is 27.4 Å². The van der Waals surface area contributed by atoms with Gasteiger partial charge < -0.3 is 9.80 Å². The molecule has 0 unspecified atom stereocenters. The van der Waals surface area contributed by atoms with E-state index in [1.54, 1.807) is 12.4 Å². The Hall–Kier alpha value is -1.69.